The fraction of sp³-hybridized carbons (Fsp3) is 1.00. The maximum absolute atomic E-state index is 9.55. The van der Waals surface area contributed by atoms with E-state index in [0.29, 0.717) is 0 Å². The van der Waals surface area contributed by atoms with Gasteiger partial charge in [-0.1, -0.05) is 6.92 Å². The molecule has 0 aliphatic carbocycles. The summed E-state index contributed by atoms with van der Waals surface area (Å²) >= 11 is 0. The Morgan fingerprint density at radius 1 is 1.45 bits per heavy atom. The highest BCUT2D eigenvalue weighted by atomic mass is 16.3. The number of nitrogens with zero attached hydrogens (tertiary/aromatic N) is 2. The lowest BCUT2D eigenvalue weighted by atomic mass is 9.96. The minimum absolute atomic E-state index is 0.107. The first-order valence-electron chi connectivity index (χ1n) is 8.22. The van der Waals surface area contributed by atoms with Crippen LogP contribution in [0.15, 0.2) is 0 Å². The maximum atomic E-state index is 9.55. The van der Waals surface area contributed by atoms with E-state index in [1.165, 1.54) is 26.1 Å². The summed E-state index contributed by atoms with van der Waals surface area (Å²) in [7, 11) is 4.44. The summed E-state index contributed by atoms with van der Waals surface area (Å²) in [6.45, 7) is 10.3. The number of nitrogens with one attached hydrogen (secondary N) is 1. The highest BCUT2D eigenvalue weighted by molar-refractivity contribution is 4.82. The molecule has 0 radical (unpaired) electrons. The molecule has 4 heteroatoms. The molecule has 0 aromatic rings. The van der Waals surface area contributed by atoms with E-state index in [-0.39, 0.29) is 12.1 Å². The molecule has 1 aliphatic heterocycles. The second-order valence-electron chi connectivity index (χ2n) is 6.93. The van der Waals surface area contributed by atoms with E-state index in [9.17, 15) is 5.11 Å². The standard InChI is InChI=1S/C16H35N3O/c1-5-9-17-16(2,14-20)8-6-10-18(3)12-15-7-11-19(4)13-15/h15,17,20H,5-14H2,1-4H3. The Morgan fingerprint density at radius 3 is 2.75 bits per heavy atom. The molecule has 2 unspecified atom stereocenters. The van der Waals surface area contributed by atoms with E-state index in [1.54, 1.807) is 0 Å². The van der Waals surface area contributed by atoms with E-state index in [4.69, 9.17) is 0 Å². The van der Waals surface area contributed by atoms with Gasteiger partial charge in [-0.05, 0) is 72.3 Å². The van der Waals surface area contributed by atoms with Crippen molar-refractivity contribution in [3.05, 3.63) is 0 Å². The normalized spacial score (nSPS) is 23.4. The van der Waals surface area contributed by atoms with Crippen molar-refractivity contribution in [3.8, 4) is 0 Å². The zero-order chi connectivity index (χ0) is 15.0. The molecule has 20 heavy (non-hydrogen) atoms. The fourth-order valence-corrected chi connectivity index (χ4v) is 3.10. The van der Waals surface area contributed by atoms with Crippen LogP contribution in [0.3, 0.4) is 0 Å². The minimum Gasteiger partial charge on any atom is -0.394 e. The lowest BCUT2D eigenvalue weighted by molar-refractivity contribution is 0.157. The SMILES string of the molecule is CCCNC(C)(CO)CCCN(C)CC1CCN(C)C1. The summed E-state index contributed by atoms with van der Waals surface area (Å²) in [6, 6.07) is 0. The van der Waals surface area contributed by atoms with Crippen molar-refractivity contribution in [2.75, 3.05) is 53.4 Å². The van der Waals surface area contributed by atoms with Crippen molar-refractivity contribution in [3.63, 3.8) is 0 Å². The third-order valence-electron chi connectivity index (χ3n) is 4.48. The number of hydrogen-bond acceptors (Lipinski definition) is 4. The molecular weight excluding hydrogens is 250 g/mol. The van der Waals surface area contributed by atoms with Crippen LogP contribution in [0.2, 0.25) is 0 Å². The van der Waals surface area contributed by atoms with Crippen LogP contribution in [0.4, 0.5) is 0 Å². The summed E-state index contributed by atoms with van der Waals surface area (Å²) in [5.41, 5.74) is -0.107. The van der Waals surface area contributed by atoms with Gasteiger partial charge >= 0.3 is 0 Å². The molecule has 0 amide bonds. The molecule has 2 N–H and O–H groups in total. The minimum atomic E-state index is -0.107. The summed E-state index contributed by atoms with van der Waals surface area (Å²) in [6.07, 6.45) is 4.64. The number of hydrogen-bond donors (Lipinski definition) is 2. The molecule has 1 heterocycles. The highest BCUT2D eigenvalue weighted by Crippen LogP contribution is 2.16. The van der Waals surface area contributed by atoms with Gasteiger partial charge in [-0.3, -0.25) is 0 Å². The molecule has 0 saturated carbocycles. The van der Waals surface area contributed by atoms with Crippen molar-refractivity contribution in [1.82, 2.24) is 15.1 Å². The number of aliphatic hydroxyl groups excluding tert-OH is 1. The van der Waals surface area contributed by atoms with E-state index < -0.39 is 0 Å². The van der Waals surface area contributed by atoms with Gasteiger partial charge in [0.25, 0.3) is 0 Å². The topological polar surface area (TPSA) is 38.7 Å². The van der Waals surface area contributed by atoms with Gasteiger partial charge in [-0.15, -0.1) is 0 Å². The fourth-order valence-electron chi connectivity index (χ4n) is 3.10. The predicted octanol–water partition coefficient (Wildman–Crippen LogP) is 1.40. The van der Waals surface area contributed by atoms with Crippen LogP contribution in [0.25, 0.3) is 0 Å². The maximum Gasteiger partial charge on any atom is 0.0610 e. The van der Waals surface area contributed by atoms with Gasteiger partial charge in [-0.2, -0.15) is 0 Å². The van der Waals surface area contributed by atoms with Gasteiger partial charge in [0.1, 0.15) is 0 Å². The van der Waals surface area contributed by atoms with E-state index >= 15 is 0 Å². The smallest absolute Gasteiger partial charge is 0.0610 e. The van der Waals surface area contributed by atoms with Gasteiger partial charge in [0, 0.05) is 18.6 Å². The Kier molecular flexibility index (Phi) is 8.03. The Morgan fingerprint density at radius 2 is 2.20 bits per heavy atom. The van der Waals surface area contributed by atoms with Crippen LogP contribution in [0.1, 0.15) is 39.5 Å². The van der Waals surface area contributed by atoms with Crippen LogP contribution in [0.5, 0.6) is 0 Å². The van der Waals surface area contributed by atoms with Gasteiger partial charge in [0.2, 0.25) is 0 Å². The molecule has 1 fully saturated rings. The molecule has 1 rings (SSSR count). The van der Waals surface area contributed by atoms with Crippen molar-refractivity contribution >= 4 is 0 Å². The average molecular weight is 285 g/mol. The molecule has 0 aromatic heterocycles. The first-order valence-corrected chi connectivity index (χ1v) is 8.22. The predicted molar refractivity (Wildman–Crippen MR) is 86.1 cm³/mol. The van der Waals surface area contributed by atoms with E-state index in [0.717, 1.165) is 38.3 Å². The first-order chi connectivity index (χ1) is 9.49. The molecule has 0 spiro atoms. The number of likely N-dealkylation sites (tertiary alicyclic amines) is 1. The Bertz CT molecular complexity index is 262. The van der Waals surface area contributed by atoms with Gasteiger partial charge in [0.15, 0.2) is 0 Å². The lowest BCUT2D eigenvalue weighted by Gasteiger charge is -2.30. The average Bonchev–Trinajstić information content (AvgIpc) is 2.81. The first kappa shape index (κ1) is 17.9. The summed E-state index contributed by atoms with van der Waals surface area (Å²) in [4.78, 5) is 4.89. The molecule has 0 aromatic carbocycles. The van der Waals surface area contributed by atoms with Gasteiger partial charge in [0.05, 0.1) is 6.61 Å². The quantitative estimate of drug-likeness (QED) is 0.636. The van der Waals surface area contributed by atoms with E-state index in [2.05, 4.69) is 43.1 Å². The Labute approximate surface area is 125 Å². The van der Waals surface area contributed by atoms with Gasteiger partial charge in [-0.25, -0.2) is 0 Å². The zero-order valence-electron chi connectivity index (χ0n) is 14.0. The largest absolute Gasteiger partial charge is 0.394 e. The van der Waals surface area contributed by atoms with E-state index in [1.807, 2.05) is 0 Å². The van der Waals surface area contributed by atoms with Crippen LogP contribution in [-0.4, -0.2) is 73.9 Å². The zero-order valence-corrected chi connectivity index (χ0v) is 14.0. The molecule has 2 atom stereocenters. The van der Waals surface area contributed by atoms with Crippen molar-refractivity contribution in [1.29, 1.82) is 0 Å². The summed E-state index contributed by atoms with van der Waals surface area (Å²) < 4.78 is 0. The third-order valence-corrected chi connectivity index (χ3v) is 4.48. The van der Waals surface area contributed by atoms with Crippen LogP contribution >= 0.6 is 0 Å². The molecule has 4 nitrogen and oxygen atoms in total. The van der Waals surface area contributed by atoms with Crippen LogP contribution in [-0.2, 0) is 0 Å². The second-order valence-corrected chi connectivity index (χ2v) is 6.93. The van der Waals surface area contributed by atoms with Crippen molar-refractivity contribution in [2.24, 2.45) is 5.92 Å². The summed E-state index contributed by atoms with van der Waals surface area (Å²) in [5.74, 6) is 0.840. The third kappa shape index (κ3) is 6.53. The molecule has 1 saturated heterocycles. The number of aliphatic hydroxyl groups is 1. The highest BCUT2D eigenvalue weighted by Gasteiger charge is 2.23. The molecule has 0 bridgehead atoms. The Balaban J connectivity index is 2.18. The Hall–Kier alpha value is -0.160. The molecular formula is C16H35N3O. The molecule has 120 valence electrons. The van der Waals surface area contributed by atoms with Crippen LogP contribution in [0, 0.1) is 5.92 Å². The molecule has 1 aliphatic rings. The van der Waals surface area contributed by atoms with Gasteiger partial charge < -0.3 is 20.2 Å². The summed E-state index contributed by atoms with van der Waals surface area (Å²) in [5, 5.41) is 13.0. The number of rotatable bonds is 10. The van der Waals surface area contributed by atoms with Crippen molar-refractivity contribution < 1.29 is 5.11 Å². The second kappa shape index (κ2) is 8.98. The van der Waals surface area contributed by atoms with Crippen molar-refractivity contribution in [2.45, 2.75) is 45.1 Å². The lowest BCUT2D eigenvalue weighted by Crippen LogP contribution is -2.46. The monoisotopic (exact) mass is 285 g/mol. The van der Waals surface area contributed by atoms with Crippen LogP contribution < -0.4 is 5.32 Å².